The summed E-state index contributed by atoms with van der Waals surface area (Å²) in [7, 11) is 3.25. The fourth-order valence-corrected chi connectivity index (χ4v) is 2.14. The van der Waals surface area contributed by atoms with Crippen LogP contribution in [0.2, 0.25) is 0 Å². The van der Waals surface area contributed by atoms with Gasteiger partial charge in [0.25, 0.3) is 0 Å². The van der Waals surface area contributed by atoms with Gasteiger partial charge in [0.1, 0.15) is 5.88 Å². The molecule has 0 aliphatic carbocycles. The van der Waals surface area contributed by atoms with Crippen molar-refractivity contribution < 1.29 is 14.6 Å². The Labute approximate surface area is 118 Å². The highest BCUT2D eigenvalue weighted by atomic mass is 35.5. The lowest BCUT2D eigenvalue weighted by atomic mass is 9.96. The third-order valence-electron chi connectivity index (χ3n) is 3.02. The minimum atomic E-state index is -0.674. The zero-order valence-electron chi connectivity index (χ0n) is 11.3. The Morgan fingerprint density at radius 2 is 2.05 bits per heavy atom. The van der Waals surface area contributed by atoms with Gasteiger partial charge in [-0.15, -0.1) is 11.6 Å². The number of aliphatic hydroxyl groups is 1. The van der Waals surface area contributed by atoms with E-state index in [1.807, 2.05) is 30.3 Å². The topological polar surface area (TPSA) is 49.8 Å². The number of carbonyl (C=O) groups is 1. The smallest absolute Gasteiger partial charge is 0.237 e. The SMILES string of the molecule is COC[C@H](CN(C)C(=O)CCl)C(O)c1ccccc1. The number of ether oxygens (including phenoxy) is 1. The molecule has 4 nitrogen and oxygen atoms in total. The van der Waals surface area contributed by atoms with Gasteiger partial charge in [0.2, 0.25) is 5.91 Å². The molecule has 1 rings (SSSR count). The van der Waals surface area contributed by atoms with E-state index in [9.17, 15) is 9.90 Å². The molecule has 1 amide bonds. The number of alkyl halides is 1. The van der Waals surface area contributed by atoms with E-state index in [1.54, 1.807) is 14.2 Å². The maximum atomic E-state index is 11.5. The molecule has 2 atom stereocenters. The number of halogens is 1. The minimum Gasteiger partial charge on any atom is -0.388 e. The number of hydrogen-bond donors (Lipinski definition) is 1. The molecule has 1 unspecified atom stereocenters. The first-order valence-corrected chi connectivity index (χ1v) is 6.65. The summed E-state index contributed by atoms with van der Waals surface area (Å²) >= 11 is 5.52. The highest BCUT2D eigenvalue weighted by Gasteiger charge is 2.23. The van der Waals surface area contributed by atoms with Gasteiger partial charge in [0.15, 0.2) is 0 Å². The Bertz CT molecular complexity index is 386. The third-order valence-corrected chi connectivity index (χ3v) is 3.25. The number of amides is 1. The van der Waals surface area contributed by atoms with Crippen LogP contribution in [-0.4, -0.2) is 49.1 Å². The van der Waals surface area contributed by atoms with Crippen molar-refractivity contribution in [2.24, 2.45) is 5.92 Å². The monoisotopic (exact) mass is 285 g/mol. The second-order valence-electron chi connectivity index (χ2n) is 4.48. The summed E-state index contributed by atoms with van der Waals surface area (Å²) < 4.78 is 5.13. The van der Waals surface area contributed by atoms with Crippen LogP contribution in [0, 0.1) is 5.92 Å². The Balaban J connectivity index is 2.74. The van der Waals surface area contributed by atoms with E-state index >= 15 is 0 Å². The molecule has 0 bridgehead atoms. The molecule has 106 valence electrons. The maximum Gasteiger partial charge on any atom is 0.237 e. The van der Waals surface area contributed by atoms with Crippen molar-refractivity contribution in [2.45, 2.75) is 6.10 Å². The van der Waals surface area contributed by atoms with E-state index in [-0.39, 0.29) is 17.7 Å². The van der Waals surface area contributed by atoms with Crippen molar-refractivity contribution in [1.29, 1.82) is 0 Å². The zero-order chi connectivity index (χ0) is 14.3. The van der Waals surface area contributed by atoms with E-state index in [1.165, 1.54) is 4.90 Å². The first kappa shape index (κ1) is 16.0. The molecule has 19 heavy (non-hydrogen) atoms. The Morgan fingerprint density at radius 3 is 2.58 bits per heavy atom. The van der Waals surface area contributed by atoms with Crippen molar-refractivity contribution in [3.63, 3.8) is 0 Å². The number of methoxy groups -OCH3 is 1. The average Bonchev–Trinajstić information content (AvgIpc) is 2.45. The van der Waals surface area contributed by atoms with Crippen LogP contribution in [0.5, 0.6) is 0 Å². The van der Waals surface area contributed by atoms with Gasteiger partial charge in [-0.05, 0) is 5.56 Å². The van der Waals surface area contributed by atoms with Crippen LogP contribution in [0.15, 0.2) is 30.3 Å². The molecule has 0 spiro atoms. The molecular formula is C14H20ClNO3. The summed E-state index contributed by atoms with van der Waals surface area (Å²) in [6, 6.07) is 9.35. The molecule has 0 radical (unpaired) electrons. The maximum absolute atomic E-state index is 11.5. The largest absolute Gasteiger partial charge is 0.388 e. The van der Waals surface area contributed by atoms with Crippen molar-refractivity contribution in [3.8, 4) is 0 Å². The van der Waals surface area contributed by atoms with Crippen LogP contribution in [0.1, 0.15) is 11.7 Å². The second-order valence-corrected chi connectivity index (χ2v) is 4.75. The summed E-state index contributed by atoms with van der Waals surface area (Å²) in [5.41, 5.74) is 0.816. The Hall–Kier alpha value is -1.10. The van der Waals surface area contributed by atoms with Gasteiger partial charge in [-0.25, -0.2) is 0 Å². The van der Waals surface area contributed by atoms with Crippen LogP contribution in [0.4, 0.5) is 0 Å². The van der Waals surface area contributed by atoms with E-state index < -0.39 is 6.10 Å². The van der Waals surface area contributed by atoms with Crippen LogP contribution < -0.4 is 0 Å². The molecule has 0 aliphatic heterocycles. The molecule has 1 aromatic rings. The van der Waals surface area contributed by atoms with Gasteiger partial charge in [0.05, 0.1) is 12.7 Å². The number of benzene rings is 1. The second kappa shape index (κ2) is 8.15. The molecule has 1 aromatic carbocycles. The summed E-state index contributed by atoms with van der Waals surface area (Å²) in [6.45, 7) is 0.769. The van der Waals surface area contributed by atoms with Gasteiger partial charge in [-0.3, -0.25) is 4.79 Å². The molecule has 0 aliphatic rings. The van der Waals surface area contributed by atoms with Crippen molar-refractivity contribution in [2.75, 3.05) is 33.2 Å². The predicted octanol–water partition coefficient (Wildman–Crippen LogP) is 1.68. The summed E-state index contributed by atoms with van der Waals surface area (Å²) in [6.07, 6.45) is -0.674. The molecule has 0 saturated heterocycles. The molecular weight excluding hydrogens is 266 g/mol. The average molecular weight is 286 g/mol. The van der Waals surface area contributed by atoms with Gasteiger partial charge >= 0.3 is 0 Å². The normalized spacial score (nSPS) is 13.9. The lowest BCUT2D eigenvalue weighted by Crippen LogP contribution is -2.36. The lowest BCUT2D eigenvalue weighted by Gasteiger charge is -2.27. The number of hydrogen-bond acceptors (Lipinski definition) is 3. The number of rotatable bonds is 7. The molecule has 1 N–H and O–H groups in total. The molecule has 0 fully saturated rings. The number of nitrogens with zero attached hydrogens (tertiary/aromatic N) is 1. The fourth-order valence-electron chi connectivity index (χ4n) is 1.94. The van der Waals surface area contributed by atoms with Gasteiger partial charge < -0.3 is 14.7 Å². The third kappa shape index (κ3) is 4.82. The van der Waals surface area contributed by atoms with Crippen LogP contribution in [-0.2, 0) is 9.53 Å². The predicted molar refractivity (Wildman–Crippen MR) is 75.1 cm³/mol. The zero-order valence-corrected chi connectivity index (χ0v) is 12.0. The van der Waals surface area contributed by atoms with Crippen molar-refractivity contribution in [3.05, 3.63) is 35.9 Å². The Morgan fingerprint density at radius 1 is 1.42 bits per heavy atom. The minimum absolute atomic E-state index is 0.0579. The first-order chi connectivity index (χ1) is 9.10. The van der Waals surface area contributed by atoms with Crippen LogP contribution in [0.3, 0.4) is 0 Å². The quantitative estimate of drug-likeness (QED) is 0.776. The lowest BCUT2D eigenvalue weighted by molar-refractivity contribution is -0.128. The highest BCUT2D eigenvalue weighted by molar-refractivity contribution is 6.27. The molecule has 0 saturated carbocycles. The van der Waals surface area contributed by atoms with Gasteiger partial charge in [0, 0.05) is 26.6 Å². The molecule has 0 aromatic heterocycles. The van der Waals surface area contributed by atoms with E-state index in [2.05, 4.69) is 0 Å². The van der Waals surface area contributed by atoms with E-state index in [0.717, 1.165) is 5.56 Å². The number of carbonyl (C=O) groups excluding carboxylic acids is 1. The van der Waals surface area contributed by atoms with E-state index in [4.69, 9.17) is 16.3 Å². The summed E-state index contributed by atoms with van der Waals surface area (Å²) in [5, 5.41) is 10.4. The standard InChI is InChI=1S/C14H20ClNO3/c1-16(13(17)8-15)9-12(10-19-2)14(18)11-6-4-3-5-7-11/h3-7,12,14,18H,8-10H2,1-2H3/t12-,14?/m0/s1. The molecule has 0 heterocycles. The summed E-state index contributed by atoms with van der Waals surface area (Å²) in [5.74, 6) is -0.412. The van der Waals surface area contributed by atoms with Crippen molar-refractivity contribution in [1.82, 2.24) is 4.90 Å². The van der Waals surface area contributed by atoms with E-state index in [0.29, 0.717) is 13.2 Å². The van der Waals surface area contributed by atoms with Gasteiger partial charge in [-0.1, -0.05) is 30.3 Å². The van der Waals surface area contributed by atoms with Crippen molar-refractivity contribution >= 4 is 17.5 Å². The summed E-state index contributed by atoms with van der Waals surface area (Å²) in [4.78, 5) is 13.0. The number of aliphatic hydroxyl groups excluding tert-OH is 1. The fraction of sp³-hybridized carbons (Fsp3) is 0.500. The molecule has 5 heteroatoms. The highest BCUT2D eigenvalue weighted by Crippen LogP contribution is 2.23. The van der Waals surface area contributed by atoms with Crippen LogP contribution >= 0.6 is 11.6 Å². The van der Waals surface area contributed by atoms with Gasteiger partial charge in [-0.2, -0.15) is 0 Å². The first-order valence-electron chi connectivity index (χ1n) is 6.12. The Kier molecular flexibility index (Phi) is 6.84. The van der Waals surface area contributed by atoms with Crippen LogP contribution in [0.25, 0.3) is 0 Å².